The zero-order valence-corrected chi connectivity index (χ0v) is 23.4. The van der Waals surface area contributed by atoms with Gasteiger partial charge in [0.2, 0.25) is 6.29 Å². The fourth-order valence-electron chi connectivity index (χ4n) is 4.73. The Morgan fingerprint density at radius 1 is 0.805 bits per heavy atom. The van der Waals surface area contributed by atoms with Crippen molar-refractivity contribution in [3.63, 3.8) is 0 Å². The molecular weight excluding hydrogens is 526 g/mol. The lowest BCUT2D eigenvalue weighted by Crippen LogP contribution is -2.61. The standard InChI is InChI=1S/C32H37NO8/c1-4-25(20-8-6-5-7-9-20)26(21-10-14-23(15-11-21)39-19-18-33(2)3)22-12-16-24(17-13-22)40-32-29(36)27(34)28(35)30(41-32)31(37)38/h5-17,27-30,32,34-36H,4,18-19H2,1-3H3,(H,37,38)/b26-25-/t27-,28-,29+,30-,32?/m1/s1. The molecule has 4 rings (SSSR count). The monoisotopic (exact) mass is 563 g/mol. The van der Waals surface area contributed by atoms with Gasteiger partial charge in [0.1, 0.15) is 36.4 Å². The molecule has 0 saturated carbocycles. The highest BCUT2D eigenvalue weighted by Gasteiger charge is 2.48. The second kappa shape index (κ2) is 13.8. The maximum atomic E-state index is 11.4. The molecule has 9 nitrogen and oxygen atoms in total. The highest BCUT2D eigenvalue weighted by Crippen LogP contribution is 2.36. The Kier molecular flexibility index (Phi) is 10.1. The van der Waals surface area contributed by atoms with Crippen LogP contribution in [0.25, 0.3) is 11.1 Å². The minimum Gasteiger partial charge on any atom is -0.492 e. The van der Waals surface area contributed by atoms with Crippen molar-refractivity contribution in [2.75, 3.05) is 27.2 Å². The van der Waals surface area contributed by atoms with E-state index in [9.17, 15) is 25.2 Å². The van der Waals surface area contributed by atoms with Gasteiger partial charge in [0.05, 0.1) is 0 Å². The summed E-state index contributed by atoms with van der Waals surface area (Å²) >= 11 is 0. The van der Waals surface area contributed by atoms with Crippen LogP contribution in [0.2, 0.25) is 0 Å². The van der Waals surface area contributed by atoms with E-state index in [0.717, 1.165) is 46.6 Å². The molecule has 0 aromatic heterocycles. The topological polar surface area (TPSA) is 129 Å². The molecule has 1 aliphatic heterocycles. The number of aliphatic hydroxyl groups excluding tert-OH is 3. The molecule has 9 heteroatoms. The first-order valence-corrected chi connectivity index (χ1v) is 13.6. The molecule has 3 aromatic carbocycles. The van der Waals surface area contributed by atoms with Crippen LogP contribution in [0.1, 0.15) is 30.0 Å². The van der Waals surface area contributed by atoms with Crippen molar-refractivity contribution < 1.29 is 39.4 Å². The summed E-state index contributed by atoms with van der Waals surface area (Å²) in [5.74, 6) is -0.383. The summed E-state index contributed by atoms with van der Waals surface area (Å²) in [6.07, 6.45) is -7.61. The second-order valence-corrected chi connectivity index (χ2v) is 10.1. The minimum absolute atomic E-state index is 0.298. The highest BCUT2D eigenvalue weighted by atomic mass is 16.7. The first kappa shape index (κ1) is 30.2. The lowest BCUT2D eigenvalue weighted by atomic mass is 9.88. The number of hydrogen-bond acceptors (Lipinski definition) is 8. The maximum Gasteiger partial charge on any atom is 0.335 e. The predicted molar refractivity (Wildman–Crippen MR) is 155 cm³/mol. The molecular formula is C32H37NO8. The SMILES string of the molecule is CC/C(=C(\c1ccc(OCCN(C)C)cc1)c1ccc(OC2O[C@@H](C(=O)O)[C@H](O)[C@@H](O)[C@@H]2O)cc1)c1ccccc1. The van der Waals surface area contributed by atoms with Gasteiger partial charge in [0.25, 0.3) is 0 Å². The molecule has 1 unspecified atom stereocenters. The van der Waals surface area contributed by atoms with Crippen LogP contribution in [0, 0.1) is 0 Å². The van der Waals surface area contributed by atoms with E-state index in [1.165, 1.54) is 0 Å². The molecule has 1 heterocycles. The highest BCUT2D eigenvalue weighted by molar-refractivity contribution is 5.98. The first-order valence-electron chi connectivity index (χ1n) is 13.6. The van der Waals surface area contributed by atoms with Crippen LogP contribution in [0.5, 0.6) is 11.5 Å². The zero-order chi connectivity index (χ0) is 29.5. The Hall–Kier alpha value is -3.73. The lowest BCUT2D eigenvalue weighted by molar-refractivity contribution is -0.271. The minimum atomic E-state index is -1.78. The normalized spacial score (nSPS) is 23.1. The van der Waals surface area contributed by atoms with Gasteiger partial charge in [-0.15, -0.1) is 0 Å². The van der Waals surface area contributed by atoms with Gasteiger partial charge in [-0.3, -0.25) is 0 Å². The molecule has 0 aliphatic carbocycles. The number of aliphatic hydroxyl groups is 3. The molecule has 4 N–H and O–H groups in total. The summed E-state index contributed by atoms with van der Waals surface area (Å²) in [5.41, 5.74) is 5.20. The summed E-state index contributed by atoms with van der Waals surface area (Å²) in [6.45, 7) is 3.51. The Labute approximate surface area is 239 Å². The number of ether oxygens (including phenoxy) is 3. The number of benzene rings is 3. The largest absolute Gasteiger partial charge is 0.492 e. The summed E-state index contributed by atoms with van der Waals surface area (Å²) in [4.78, 5) is 13.5. The second-order valence-electron chi connectivity index (χ2n) is 10.1. The van der Waals surface area contributed by atoms with Crippen molar-refractivity contribution in [2.45, 2.75) is 44.1 Å². The van der Waals surface area contributed by atoms with Gasteiger partial charge in [0, 0.05) is 6.54 Å². The van der Waals surface area contributed by atoms with Crippen LogP contribution in [0.4, 0.5) is 0 Å². The zero-order valence-electron chi connectivity index (χ0n) is 23.4. The van der Waals surface area contributed by atoms with Gasteiger partial charge in [-0.2, -0.15) is 0 Å². The number of likely N-dealkylation sites (N-methyl/N-ethyl adjacent to an activating group) is 1. The van der Waals surface area contributed by atoms with Gasteiger partial charge in [-0.25, -0.2) is 4.79 Å². The molecule has 1 aliphatic rings. The van der Waals surface area contributed by atoms with Gasteiger partial charge >= 0.3 is 5.97 Å². The molecule has 1 fully saturated rings. The van der Waals surface area contributed by atoms with Crippen molar-refractivity contribution in [1.29, 1.82) is 0 Å². The maximum absolute atomic E-state index is 11.4. The smallest absolute Gasteiger partial charge is 0.335 e. The van der Waals surface area contributed by atoms with E-state index in [1.54, 1.807) is 12.1 Å². The fourth-order valence-corrected chi connectivity index (χ4v) is 4.73. The predicted octanol–water partition coefficient (Wildman–Crippen LogP) is 3.27. The van der Waals surface area contributed by atoms with Crippen LogP contribution in [-0.4, -0.2) is 89.2 Å². The summed E-state index contributed by atoms with van der Waals surface area (Å²) in [5, 5.41) is 39.7. The van der Waals surface area contributed by atoms with E-state index in [2.05, 4.69) is 24.0 Å². The van der Waals surface area contributed by atoms with Crippen LogP contribution < -0.4 is 9.47 Å². The number of aliphatic carboxylic acids is 1. The van der Waals surface area contributed by atoms with E-state index in [-0.39, 0.29) is 0 Å². The van der Waals surface area contributed by atoms with Crippen molar-refractivity contribution in [3.05, 3.63) is 95.6 Å². The molecule has 5 atom stereocenters. The molecule has 0 spiro atoms. The Bertz CT molecular complexity index is 1310. The van der Waals surface area contributed by atoms with Gasteiger partial charge in [-0.1, -0.05) is 61.5 Å². The molecule has 1 saturated heterocycles. The first-order chi connectivity index (χ1) is 19.7. The van der Waals surface area contributed by atoms with Crippen LogP contribution in [0.15, 0.2) is 78.9 Å². The summed E-state index contributed by atoms with van der Waals surface area (Å²) in [7, 11) is 4.00. The third-order valence-corrected chi connectivity index (χ3v) is 6.94. The average Bonchev–Trinajstić information content (AvgIpc) is 2.97. The van der Waals surface area contributed by atoms with E-state index in [1.807, 2.05) is 68.7 Å². The van der Waals surface area contributed by atoms with Gasteiger partial charge < -0.3 is 39.5 Å². The Morgan fingerprint density at radius 2 is 1.39 bits per heavy atom. The van der Waals surface area contributed by atoms with Gasteiger partial charge in [0.15, 0.2) is 6.10 Å². The van der Waals surface area contributed by atoms with Crippen LogP contribution >= 0.6 is 0 Å². The number of rotatable bonds is 11. The molecule has 218 valence electrons. The van der Waals surface area contributed by atoms with E-state index >= 15 is 0 Å². The number of hydrogen-bond donors (Lipinski definition) is 4. The number of carboxylic acids is 1. The third-order valence-electron chi connectivity index (χ3n) is 6.94. The number of carbonyl (C=O) groups is 1. The molecule has 0 bridgehead atoms. The van der Waals surface area contributed by atoms with Crippen molar-refractivity contribution in [3.8, 4) is 11.5 Å². The number of nitrogens with zero attached hydrogens (tertiary/aromatic N) is 1. The van der Waals surface area contributed by atoms with Crippen LogP contribution in [-0.2, 0) is 9.53 Å². The van der Waals surface area contributed by atoms with E-state index in [0.29, 0.717) is 12.4 Å². The van der Waals surface area contributed by atoms with Gasteiger partial charge in [-0.05, 0) is 72.6 Å². The molecule has 3 aromatic rings. The number of carboxylic acid groups (broad SMARTS) is 1. The Balaban J connectivity index is 1.64. The van der Waals surface area contributed by atoms with Crippen molar-refractivity contribution >= 4 is 17.1 Å². The van der Waals surface area contributed by atoms with Crippen molar-refractivity contribution in [2.24, 2.45) is 0 Å². The molecule has 41 heavy (non-hydrogen) atoms. The fraction of sp³-hybridized carbons (Fsp3) is 0.344. The molecule has 0 amide bonds. The molecule has 0 radical (unpaired) electrons. The Morgan fingerprint density at radius 3 is 1.93 bits per heavy atom. The van der Waals surface area contributed by atoms with E-state index in [4.69, 9.17) is 14.2 Å². The number of allylic oxidation sites excluding steroid dienone is 1. The van der Waals surface area contributed by atoms with E-state index < -0.39 is 36.7 Å². The summed E-state index contributed by atoms with van der Waals surface area (Å²) < 4.78 is 16.8. The third kappa shape index (κ3) is 7.32. The lowest BCUT2D eigenvalue weighted by Gasteiger charge is -2.38. The summed E-state index contributed by atoms with van der Waals surface area (Å²) in [6, 6.07) is 25.3. The van der Waals surface area contributed by atoms with Crippen LogP contribution in [0.3, 0.4) is 0 Å². The average molecular weight is 564 g/mol. The van der Waals surface area contributed by atoms with Crippen molar-refractivity contribution in [1.82, 2.24) is 4.90 Å². The quantitative estimate of drug-likeness (QED) is 0.260.